The van der Waals surface area contributed by atoms with E-state index in [1.54, 1.807) is 18.3 Å². The summed E-state index contributed by atoms with van der Waals surface area (Å²) < 4.78 is 83.1. The monoisotopic (exact) mass is 655 g/mol. The molecular weight excluding hydrogens is 635 g/mol. The van der Waals surface area contributed by atoms with Gasteiger partial charge in [-0.3, -0.25) is 4.98 Å². The number of sulfonamides is 1. The van der Waals surface area contributed by atoms with Crippen LogP contribution in [0.3, 0.4) is 0 Å². The number of aryl methyl sites for hydroxylation is 1. The first-order chi connectivity index (χ1) is 20.7. The third-order valence-corrected chi connectivity index (χ3v) is 7.39. The van der Waals surface area contributed by atoms with Crippen LogP contribution in [0.5, 0.6) is 17.6 Å². The number of halogens is 4. The molecule has 14 nitrogen and oxygen atoms in total. The molecule has 0 fully saturated rings. The van der Waals surface area contributed by atoms with Crippen LogP contribution in [0.2, 0.25) is 5.02 Å². The zero-order valence-electron chi connectivity index (χ0n) is 23.0. The third-order valence-electron chi connectivity index (χ3n) is 5.69. The number of carboxylic acid groups (broad SMARTS) is 1. The van der Waals surface area contributed by atoms with Crippen molar-refractivity contribution >= 4 is 50.2 Å². The molecule has 0 bridgehead atoms. The Balaban J connectivity index is 0.000000246. The van der Waals surface area contributed by atoms with E-state index in [0.29, 0.717) is 11.6 Å². The maximum atomic E-state index is 13.3. The lowest BCUT2D eigenvalue weighted by Crippen LogP contribution is -2.21. The molecule has 1 aromatic carbocycles. The molecule has 0 aliphatic carbocycles. The number of fused-ring (bicyclic) bond motifs is 2. The van der Waals surface area contributed by atoms with Gasteiger partial charge < -0.3 is 19.3 Å². The molecule has 232 valence electrons. The van der Waals surface area contributed by atoms with Gasteiger partial charge in [0.05, 0.1) is 43.5 Å². The second kappa shape index (κ2) is 12.3. The first-order valence-electron chi connectivity index (χ1n) is 12.0. The second-order valence-electron chi connectivity index (χ2n) is 8.60. The summed E-state index contributed by atoms with van der Waals surface area (Å²) in [5.74, 6) is -2.27. The van der Waals surface area contributed by atoms with E-state index in [1.807, 2.05) is 17.7 Å². The molecule has 0 saturated carbocycles. The highest BCUT2D eigenvalue weighted by molar-refractivity contribution is 7.92. The van der Waals surface area contributed by atoms with Crippen molar-refractivity contribution in [2.45, 2.75) is 18.0 Å². The Morgan fingerprint density at radius 1 is 1.05 bits per heavy atom. The van der Waals surface area contributed by atoms with Gasteiger partial charge in [0.1, 0.15) is 5.56 Å². The summed E-state index contributed by atoms with van der Waals surface area (Å²) in [5, 5.41) is 13.9. The quantitative estimate of drug-likeness (QED) is 0.255. The summed E-state index contributed by atoms with van der Waals surface area (Å²) in [6.45, 7) is 1.90. The number of rotatable bonds is 7. The first kappa shape index (κ1) is 32.0. The van der Waals surface area contributed by atoms with Crippen molar-refractivity contribution in [3.63, 3.8) is 0 Å². The number of nitrogens with zero attached hydrogens (tertiary/aromatic N) is 6. The topological polar surface area (TPSA) is 180 Å². The number of anilines is 1. The predicted molar refractivity (Wildman–Crippen MR) is 149 cm³/mol. The first-order valence-corrected chi connectivity index (χ1v) is 13.8. The van der Waals surface area contributed by atoms with Crippen LogP contribution in [0.4, 0.5) is 19.1 Å². The molecule has 2 N–H and O–H groups in total. The number of hydrogen-bond acceptors (Lipinski definition) is 11. The molecule has 44 heavy (non-hydrogen) atoms. The molecule has 0 aliphatic rings. The zero-order chi connectivity index (χ0) is 32.4. The summed E-state index contributed by atoms with van der Waals surface area (Å²) in [6, 6.07) is 7.10. The number of carbonyl (C=O) groups is 1. The molecule has 0 amide bonds. The van der Waals surface area contributed by atoms with Gasteiger partial charge in [-0.1, -0.05) is 17.7 Å². The van der Waals surface area contributed by atoms with Gasteiger partial charge in [-0.25, -0.2) is 22.9 Å². The van der Waals surface area contributed by atoms with Crippen LogP contribution < -0.4 is 18.9 Å². The molecule has 4 heterocycles. The molecule has 5 aromatic rings. The second-order valence-corrected chi connectivity index (χ2v) is 10.6. The van der Waals surface area contributed by atoms with Crippen LogP contribution in [0.25, 0.3) is 16.7 Å². The van der Waals surface area contributed by atoms with Gasteiger partial charge in [0.15, 0.2) is 4.90 Å². The minimum Gasteiger partial charge on any atom is -0.481 e. The van der Waals surface area contributed by atoms with E-state index in [0.717, 1.165) is 28.8 Å². The highest BCUT2D eigenvalue weighted by Gasteiger charge is 2.40. The van der Waals surface area contributed by atoms with Crippen molar-refractivity contribution in [1.29, 1.82) is 0 Å². The smallest absolute Gasteiger partial charge is 0.418 e. The van der Waals surface area contributed by atoms with Gasteiger partial charge in [-0.05, 0) is 30.7 Å². The van der Waals surface area contributed by atoms with Gasteiger partial charge in [-0.15, -0.1) is 5.10 Å². The predicted octanol–water partition coefficient (Wildman–Crippen LogP) is 4.26. The average molecular weight is 656 g/mol. The summed E-state index contributed by atoms with van der Waals surface area (Å²) in [5.41, 5.74) is 0.0221. The number of alkyl halides is 3. The summed E-state index contributed by atoms with van der Waals surface area (Å²) >= 11 is 5.82. The number of pyridine rings is 2. The number of hydrogen-bond donors (Lipinski definition) is 2. The summed E-state index contributed by atoms with van der Waals surface area (Å²) in [7, 11) is -1.20. The van der Waals surface area contributed by atoms with Gasteiger partial charge in [0, 0.05) is 17.8 Å². The fraction of sp³-hybridized carbons (Fsp3) is 0.200. The fourth-order valence-corrected chi connectivity index (χ4v) is 5.34. The van der Waals surface area contributed by atoms with Crippen LogP contribution in [-0.2, 0) is 16.2 Å². The van der Waals surface area contributed by atoms with Crippen molar-refractivity contribution in [1.82, 2.24) is 29.5 Å². The summed E-state index contributed by atoms with van der Waals surface area (Å²) in [4.78, 5) is 25.2. The zero-order valence-corrected chi connectivity index (χ0v) is 24.6. The van der Waals surface area contributed by atoms with Crippen LogP contribution in [0.1, 0.15) is 21.5 Å². The van der Waals surface area contributed by atoms with Crippen molar-refractivity contribution in [2.75, 3.05) is 26.1 Å². The lowest BCUT2D eigenvalue weighted by molar-refractivity contribution is -0.140. The third kappa shape index (κ3) is 6.50. The van der Waals surface area contributed by atoms with Crippen LogP contribution >= 0.6 is 11.6 Å². The number of carboxylic acids is 1. The molecule has 0 radical (unpaired) electrons. The summed E-state index contributed by atoms with van der Waals surface area (Å²) in [6.07, 6.45) is -2.57. The Labute approximate surface area is 251 Å². The van der Waals surface area contributed by atoms with E-state index >= 15 is 0 Å². The van der Waals surface area contributed by atoms with Gasteiger partial charge in [0.2, 0.25) is 17.6 Å². The van der Waals surface area contributed by atoms with Crippen molar-refractivity contribution in [3.05, 3.63) is 64.4 Å². The van der Waals surface area contributed by atoms with Crippen LogP contribution in [0.15, 0.2) is 47.6 Å². The largest absolute Gasteiger partial charge is 0.481 e. The van der Waals surface area contributed by atoms with E-state index < -0.39 is 44.5 Å². The molecule has 4 aromatic heterocycles. The SMILES string of the molecule is COc1cc(OC)n2nc(NS(=O)(=O)c3c(C(F)(F)F)ccnc3OC)nc2n1.Cc1cnc2c(C(=O)O)c(Cl)ccc2c1. The molecule has 5 rings (SSSR count). The Morgan fingerprint density at radius 3 is 2.39 bits per heavy atom. The standard InChI is InChI=1S/C14H13F3N6O5S.C11H8ClNO2/c1-26-8-6-9(27-2)23-13(19-8)20-12(21-23)22-29(24,25)10-7(14(15,16)17)4-5-18-11(10)28-3;1-6-4-7-2-3-8(12)9(11(14)15)10(7)13-5-6/h4-6H,1-3H3,(H,21,22);2-5H,1H3,(H,14,15). The number of ether oxygens (including phenoxy) is 3. The lowest BCUT2D eigenvalue weighted by Gasteiger charge is -2.15. The maximum Gasteiger partial charge on any atom is 0.418 e. The highest BCUT2D eigenvalue weighted by atomic mass is 35.5. The van der Waals surface area contributed by atoms with Gasteiger partial charge in [0.25, 0.3) is 21.7 Å². The van der Waals surface area contributed by atoms with Crippen LogP contribution in [0, 0.1) is 6.92 Å². The number of aromatic carboxylic acids is 1. The number of methoxy groups -OCH3 is 3. The molecule has 0 atom stereocenters. The Hall–Kier alpha value is -4.97. The van der Waals surface area contributed by atoms with Crippen molar-refractivity contribution in [3.8, 4) is 17.6 Å². The molecule has 19 heteroatoms. The minimum absolute atomic E-state index is 0.0640. The molecular formula is C25H21ClF3N7O7S. The fourth-order valence-electron chi connectivity index (χ4n) is 3.83. The number of benzene rings is 1. The normalized spacial score (nSPS) is 11.5. The average Bonchev–Trinajstić information content (AvgIpc) is 3.37. The molecule has 0 saturated heterocycles. The highest BCUT2D eigenvalue weighted by Crippen LogP contribution is 2.38. The van der Waals surface area contributed by atoms with Crippen molar-refractivity contribution < 1.29 is 45.7 Å². The van der Waals surface area contributed by atoms with E-state index in [1.165, 1.54) is 20.3 Å². The van der Waals surface area contributed by atoms with E-state index in [4.69, 9.17) is 30.9 Å². The Kier molecular flexibility index (Phi) is 8.96. The van der Waals surface area contributed by atoms with Crippen molar-refractivity contribution in [2.24, 2.45) is 0 Å². The lowest BCUT2D eigenvalue weighted by atomic mass is 10.1. The number of nitrogens with one attached hydrogen (secondary N) is 1. The van der Waals surface area contributed by atoms with Gasteiger partial charge >= 0.3 is 12.1 Å². The molecule has 0 aliphatic heterocycles. The minimum atomic E-state index is -4.98. The van der Waals surface area contributed by atoms with E-state index in [-0.39, 0.29) is 28.1 Å². The van der Waals surface area contributed by atoms with E-state index in [9.17, 15) is 26.4 Å². The Bertz CT molecular complexity index is 1990. The van der Waals surface area contributed by atoms with E-state index in [2.05, 4.69) is 25.0 Å². The Morgan fingerprint density at radius 2 is 1.77 bits per heavy atom. The van der Waals surface area contributed by atoms with Crippen LogP contribution in [-0.4, -0.2) is 70.4 Å². The number of aromatic nitrogens is 6. The molecule has 0 unspecified atom stereocenters. The maximum absolute atomic E-state index is 13.3. The van der Waals surface area contributed by atoms with Gasteiger partial charge in [-0.2, -0.15) is 27.7 Å². The molecule has 0 spiro atoms.